The maximum Gasteiger partial charge on any atom is 0.246 e. The number of morpholine rings is 1. The number of hydrogen-bond acceptors (Lipinski definition) is 7. The summed E-state index contributed by atoms with van der Waals surface area (Å²) >= 11 is 0. The number of hydrogen-bond donors (Lipinski definition) is 0. The SMILES string of the molecule is COc1cc2c(cn1)N(C)C(=O)CN2c1ccc(N2CC(N3CCOCC3)C2)cc1. The Balaban J connectivity index is 1.32. The van der Waals surface area contributed by atoms with Gasteiger partial charge >= 0.3 is 0 Å². The molecule has 8 heteroatoms. The van der Waals surface area contributed by atoms with Crippen LogP contribution in [0.4, 0.5) is 22.7 Å². The molecule has 2 aromatic rings. The molecule has 0 bridgehead atoms. The molecule has 1 aromatic heterocycles. The zero-order valence-corrected chi connectivity index (χ0v) is 17.5. The fourth-order valence-corrected chi connectivity index (χ4v) is 4.38. The highest BCUT2D eigenvalue weighted by atomic mass is 16.5. The second-order valence-electron chi connectivity index (χ2n) is 7.98. The molecule has 5 rings (SSSR count). The number of likely N-dealkylation sites (N-methyl/N-ethyl adjacent to an activating group) is 1. The van der Waals surface area contributed by atoms with Gasteiger partial charge in [0.2, 0.25) is 11.8 Å². The number of benzene rings is 1. The molecule has 30 heavy (non-hydrogen) atoms. The minimum absolute atomic E-state index is 0.0367. The van der Waals surface area contributed by atoms with Gasteiger partial charge in [-0.2, -0.15) is 0 Å². The molecule has 158 valence electrons. The summed E-state index contributed by atoms with van der Waals surface area (Å²) in [7, 11) is 3.38. The topological polar surface area (TPSA) is 61.4 Å². The van der Waals surface area contributed by atoms with Crippen LogP contribution >= 0.6 is 0 Å². The summed E-state index contributed by atoms with van der Waals surface area (Å²) in [5, 5.41) is 0. The second kappa shape index (κ2) is 7.77. The number of rotatable bonds is 4. The van der Waals surface area contributed by atoms with Crippen LogP contribution in [0.2, 0.25) is 0 Å². The van der Waals surface area contributed by atoms with Gasteiger partial charge in [-0.3, -0.25) is 9.69 Å². The molecule has 4 heterocycles. The summed E-state index contributed by atoms with van der Waals surface area (Å²) in [5.74, 6) is 0.572. The van der Waals surface area contributed by atoms with Crippen LogP contribution in [0.25, 0.3) is 0 Å². The second-order valence-corrected chi connectivity index (χ2v) is 7.98. The smallest absolute Gasteiger partial charge is 0.246 e. The van der Waals surface area contributed by atoms with E-state index in [2.05, 4.69) is 39.0 Å². The molecule has 1 amide bonds. The van der Waals surface area contributed by atoms with E-state index in [0.717, 1.165) is 56.5 Å². The average molecular weight is 409 g/mol. The van der Waals surface area contributed by atoms with Gasteiger partial charge in [-0.15, -0.1) is 0 Å². The van der Waals surface area contributed by atoms with Crippen molar-refractivity contribution in [1.82, 2.24) is 9.88 Å². The van der Waals surface area contributed by atoms with E-state index in [4.69, 9.17) is 9.47 Å². The number of methoxy groups -OCH3 is 1. The van der Waals surface area contributed by atoms with E-state index < -0.39 is 0 Å². The lowest BCUT2D eigenvalue weighted by molar-refractivity contribution is -0.117. The van der Waals surface area contributed by atoms with Crippen molar-refractivity contribution in [3.8, 4) is 5.88 Å². The molecule has 1 aromatic carbocycles. The van der Waals surface area contributed by atoms with Crippen LogP contribution < -0.4 is 19.4 Å². The Bertz CT molecular complexity index is 923. The van der Waals surface area contributed by atoms with E-state index in [-0.39, 0.29) is 5.91 Å². The lowest BCUT2D eigenvalue weighted by Gasteiger charge is -2.47. The molecular weight excluding hydrogens is 382 g/mol. The summed E-state index contributed by atoms with van der Waals surface area (Å²) in [6, 6.07) is 11.0. The van der Waals surface area contributed by atoms with Gasteiger partial charge in [-0.25, -0.2) is 4.98 Å². The Hall–Kier alpha value is -2.84. The van der Waals surface area contributed by atoms with Gasteiger partial charge in [0, 0.05) is 56.7 Å². The third kappa shape index (κ3) is 3.36. The van der Waals surface area contributed by atoms with E-state index in [1.165, 1.54) is 5.69 Å². The van der Waals surface area contributed by atoms with E-state index in [1.54, 1.807) is 25.3 Å². The van der Waals surface area contributed by atoms with Crippen molar-refractivity contribution in [2.24, 2.45) is 0 Å². The minimum Gasteiger partial charge on any atom is -0.481 e. The van der Waals surface area contributed by atoms with E-state index in [9.17, 15) is 4.79 Å². The Morgan fingerprint density at radius 2 is 1.77 bits per heavy atom. The third-order valence-electron chi connectivity index (χ3n) is 6.32. The van der Waals surface area contributed by atoms with Gasteiger partial charge in [-0.05, 0) is 24.3 Å². The van der Waals surface area contributed by atoms with E-state index in [1.807, 2.05) is 11.0 Å². The summed E-state index contributed by atoms with van der Waals surface area (Å²) in [6.45, 7) is 6.15. The first-order valence-corrected chi connectivity index (χ1v) is 10.4. The Kier molecular flexibility index (Phi) is 4.96. The largest absolute Gasteiger partial charge is 0.481 e. The van der Waals surface area contributed by atoms with E-state index >= 15 is 0 Å². The molecule has 0 unspecified atom stereocenters. The molecule has 0 aliphatic carbocycles. The van der Waals surface area contributed by atoms with Crippen LogP contribution in [0, 0.1) is 0 Å². The third-order valence-corrected chi connectivity index (χ3v) is 6.32. The Morgan fingerprint density at radius 1 is 1.07 bits per heavy atom. The normalized spacial score (nSPS) is 20.2. The van der Waals surface area contributed by atoms with Gasteiger partial charge < -0.3 is 24.2 Å². The van der Waals surface area contributed by atoms with Crippen LogP contribution in [0.15, 0.2) is 36.5 Å². The van der Waals surface area contributed by atoms with Crippen molar-refractivity contribution >= 4 is 28.7 Å². The number of aromatic nitrogens is 1. The first-order valence-electron chi connectivity index (χ1n) is 10.4. The van der Waals surface area contributed by atoms with Gasteiger partial charge in [0.15, 0.2) is 0 Å². The molecule has 0 N–H and O–H groups in total. The lowest BCUT2D eigenvalue weighted by Crippen LogP contribution is -2.61. The fraction of sp³-hybridized carbons (Fsp3) is 0.455. The Labute approximate surface area is 176 Å². The fourth-order valence-electron chi connectivity index (χ4n) is 4.38. The average Bonchev–Trinajstić information content (AvgIpc) is 2.76. The number of anilines is 4. The molecule has 3 aliphatic rings. The van der Waals surface area contributed by atoms with Crippen LogP contribution in [0.3, 0.4) is 0 Å². The minimum atomic E-state index is 0.0367. The molecule has 0 radical (unpaired) electrons. The van der Waals surface area contributed by atoms with Crippen LogP contribution in [0.1, 0.15) is 0 Å². The predicted molar refractivity (Wildman–Crippen MR) is 116 cm³/mol. The summed E-state index contributed by atoms with van der Waals surface area (Å²) in [6.07, 6.45) is 1.69. The highest BCUT2D eigenvalue weighted by Gasteiger charge is 2.33. The molecule has 0 atom stereocenters. The van der Waals surface area contributed by atoms with Crippen molar-refractivity contribution in [3.63, 3.8) is 0 Å². The molecule has 2 saturated heterocycles. The van der Waals surface area contributed by atoms with Crippen molar-refractivity contribution in [2.45, 2.75) is 6.04 Å². The molecule has 0 saturated carbocycles. The van der Waals surface area contributed by atoms with Crippen LogP contribution in [-0.2, 0) is 9.53 Å². The number of nitrogens with zero attached hydrogens (tertiary/aromatic N) is 5. The monoisotopic (exact) mass is 409 g/mol. The lowest BCUT2D eigenvalue weighted by atomic mass is 10.0. The molecule has 3 aliphatic heterocycles. The molecule has 2 fully saturated rings. The summed E-state index contributed by atoms with van der Waals surface area (Å²) in [4.78, 5) is 25.4. The van der Waals surface area contributed by atoms with Crippen molar-refractivity contribution in [2.75, 3.05) is 74.8 Å². The first kappa shape index (κ1) is 19.1. The Morgan fingerprint density at radius 3 is 2.47 bits per heavy atom. The summed E-state index contributed by atoms with van der Waals surface area (Å²) < 4.78 is 10.8. The number of carbonyl (C=O) groups excluding carboxylic acids is 1. The number of amides is 1. The van der Waals surface area contributed by atoms with E-state index in [0.29, 0.717) is 18.5 Å². The van der Waals surface area contributed by atoms with Gasteiger partial charge in [-0.1, -0.05) is 0 Å². The molecular formula is C22H27N5O3. The maximum atomic E-state index is 12.5. The number of fused-ring (bicyclic) bond motifs is 1. The van der Waals surface area contributed by atoms with Crippen molar-refractivity contribution in [1.29, 1.82) is 0 Å². The van der Waals surface area contributed by atoms with Gasteiger partial charge in [0.25, 0.3) is 0 Å². The maximum absolute atomic E-state index is 12.5. The number of pyridine rings is 1. The first-order chi connectivity index (χ1) is 14.6. The predicted octanol–water partition coefficient (Wildman–Crippen LogP) is 1.73. The molecule has 8 nitrogen and oxygen atoms in total. The van der Waals surface area contributed by atoms with Crippen molar-refractivity contribution in [3.05, 3.63) is 36.5 Å². The standard InChI is InChI=1S/C22H27N5O3/c1-24-20-12-23-21(29-2)11-19(20)27(15-22(24)28)17-5-3-16(4-6-17)26-13-18(14-26)25-7-9-30-10-8-25/h3-6,11-12,18H,7-10,13-15H2,1-2H3. The quantitative estimate of drug-likeness (QED) is 0.762. The number of ether oxygens (including phenoxy) is 2. The highest BCUT2D eigenvalue weighted by Crippen LogP contribution is 2.39. The van der Waals surface area contributed by atoms with Crippen molar-refractivity contribution < 1.29 is 14.3 Å². The highest BCUT2D eigenvalue weighted by molar-refractivity contribution is 6.04. The van der Waals surface area contributed by atoms with Gasteiger partial charge in [0.1, 0.15) is 6.54 Å². The summed E-state index contributed by atoms with van der Waals surface area (Å²) in [5.41, 5.74) is 3.91. The zero-order valence-electron chi connectivity index (χ0n) is 17.5. The van der Waals surface area contributed by atoms with Crippen LogP contribution in [0.5, 0.6) is 5.88 Å². The molecule has 0 spiro atoms. The van der Waals surface area contributed by atoms with Gasteiger partial charge in [0.05, 0.1) is 37.9 Å². The zero-order chi connectivity index (χ0) is 20.7. The number of carbonyl (C=O) groups is 1. The van der Waals surface area contributed by atoms with Crippen LogP contribution in [-0.4, -0.2) is 81.9 Å².